The van der Waals surface area contributed by atoms with Crippen LogP contribution in [0.5, 0.6) is 11.5 Å². The average Bonchev–Trinajstić information content (AvgIpc) is 3.02. The number of ketones is 1. The number of amides is 1. The van der Waals surface area contributed by atoms with Crippen LogP contribution < -0.4 is 14.4 Å². The summed E-state index contributed by atoms with van der Waals surface area (Å²) in [6, 6.07) is 8.83. The standard InChI is InChI=1S/C17H12FNO4/c18-11-2-3-13-12(8-11)14(20)5-6-19(13)17(21)10-1-4-15-16(7-10)23-9-22-15/h1-4,7-8H,5-6,9H2. The van der Waals surface area contributed by atoms with Crippen molar-refractivity contribution in [2.45, 2.75) is 6.42 Å². The second-order valence-corrected chi connectivity index (χ2v) is 5.36. The van der Waals surface area contributed by atoms with Crippen molar-refractivity contribution < 1.29 is 23.5 Å². The van der Waals surface area contributed by atoms with Gasteiger partial charge in [-0.25, -0.2) is 4.39 Å². The van der Waals surface area contributed by atoms with Crippen molar-refractivity contribution in [3.63, 3.8) is 0 Å². The van der Waals surface area contributed by atoms with E-state index >= 15 is 0 Å². The molecule has 4 rings (SSSR count). The highest BCUT2D eigenvalue weighted by Gasteiger charge is 2.29. The zero-order valence-corrected chi connectivity index (χ0v) is 12.0. The van der Waals surface area contributed by atoms with Crippen LogP contribution in [-0.2, 0) is 0 Å². The molecular formula is C17H12FNO4. The summed E-state index contributed by atoms with van der Waals surface area (Å²) in [6.45, 7) is 0.401. The van der Waals surface area contributed by atoms with Gasteiger partial charge in [0.2, 0.25) is 6.79 Å². The monoisotopic (exact) mass is 313 g/mol. The molecule has 0 aliphatic carbocycles. The number of ether oxygens (including phenoxy) is 2. The fraction of sp³-hybridized carbons (Fsp3) is 0.176. The molecule has 5 nitrogen and oxygen atoms in total. The number of benzene rings is 2. The minimum atomic E-state index is -0.491. The van der Waals surface area contributed by atoms with Crippen LogP contribution in [0.1, 0.15) is 27.1 Å². The summed E-state index contributed by atoms with van der Waals surface area (Å²) in [7, 11) is 0. The molecule has 1 amide bonds. The third-order valence-corrected chi connectivity index (χ3v) is 3.98. The highest BCUT2D eigenvalue weighted by molar-refractivity contribution is 6.13. The molecule has 116 valence electrons. The highest BCUT2D eigenvalue weighted by Crippen LogP contribution is 2.34. The average molecular weight is 313 g/mol. The van der Waals surface area contributed by atoms with Crippen LogP contribution in [0.4, 0.5) is 10.1 Å². The lowest BCUT2D eigenvalue weighted by molar-refractivity contribution is 0.0954. The molecule has 6 heteroatoms. The largest absolute Gasteiger partial charge is 0.454 e. The Labute approximate surface area is 131 Å². The zero-order chi connectivity index (χ0) is 16.0. The van der Waals surface area contributed by atoms with Gasteiger partial charge in [-0.2, -0.15) is 0 Å². The zero-order valence-electron chi connectivity index (χ0n) is 12.0. The van der Waals surface area contributed by atoms with Crippen molar-refractivity contribution in [2.24, 2.45) is 0 Å². The Balaban J connectivity index is 1.72. The lowest BCUT2D eigenvalue weighted by Crippen LogP contribution is -2.37. The molecule has 0 saturated heterocycles. The second kappa shape index (κ2) is 5.08. The van der Waals surface area contributed by atoms with Gasteiger partial charge in [0.05, 0.1) is 5.69 Å². The van der Waals surface area contributed by atoms with Crippen molar-refractivity contribution in [1.29, 1.82) is 0 Å². The fourth-order valence-electron chi connectivity index (χ4n) is 2.83. The Morgan fingerprint density at radius 1 is 1.09 bits per heavy atom. The Bertz CT molecular complexity index is 833. The van der Waals surface area contributed by atoms with Crippen molar-refractivity contribution in [3.05, 3.63) is 53.3 Å². The topological polar surface area (TPSA) is 55.8 Å². The van der Waals surface area contributed by atoms with Crippen molar-refractivity contribution >= 4 is 17.4 Å². The van der Waals surface area contributed by atoms with E-state index in [0.29, 0.717) is 22.7 Å². The summed E-state index contributed by atoms with van der Waals surface area (Å²) >= 11 is 0. The molecule has 0 spiro atoms. The molecule has 0 atom stereocenters. The minimum Gasteiger partial charge on any atom is -0.454 e. The summed E-state index contributed by atoms with van der Waals surface area (Å²) in [5.41, 5.74) is 1.11. The molecule has 2 aliphatic heterocycles. The molecule has 0 aromatic heterocycles. The van der Waals surface area contributed by atoms with E-state index in [1.54, 1.807) is 18.2 Å². The van der Waals surface area contributed by atoms with E-state index in [1.165, 1.54) is 23.1 Å². The molecule has 2 aromatic rings. The smallest absolute Gasteiger partial charge is 0.258 e. The molecule has 0 radical (unpaired) electrons. The quantitative estimate of drug-likeness (QED) is 0.812. The predicted molar refractivity (Wildman–Crippen MR) is 79.6 cm³/mol. The van der Waals surface area contributed by atoms with E-state index in [1.807, 2.05) is 0 Å². The number of Topliss-reactive ketones (excluding diaryl/α,β-unsaturated/α-hetero) is 1. The van der Waals surface area contributed by atoms with E-state index in [4.69, 9.17) is 9.47 Å². The molecule has 2 aromatic carbocycles. The Kier molecular flexibility index (Phi) is 3.04. The molecular weight excluding hydrogens is 301 g/mol. The van der Waals surface area contributed by atoms with E-state index in [0.717, 1.165) is 0 Å². The highest BCUT2D eigenvalue weighted by atomic mass is 19.1. The number of carbonyl (C=O) groups excluding carboxylic acids is 2. The van der Waals surface area contributed by atoms with Gasteiger partial charge in [0, 0.05) is 24.1 Å². The SMILES string of the molecule is O=C1CCN(C(=O)c2ccc3c(c2)OCO3)c2ccc(F)cc21. The van der Waals surface area contributed by atoms with Gasteiger partial charge in [0.15, 0.2) is 17.3 Å². The van der Waals surface area contributed by atoms with Crippen LogP contribution in [0, 0.1) is 5.82 Å². The van der Waals surface area contributed by atoms with E-state index < -0.39 is 5.82 Å². The summed E-state index contributed by atoms with van der Waals surface area (Å²) < 4.78 is 23.9. The number of hydrogen-bond donors (Lipinski definition) is 0. The summed E-state index contributed by atoms with van der Waals surface area (Å²) in [5, 5.41) is 0. The van der Waals surface area contributed by atoms with Gasteiger partial charge >= 0.3 is 0 Å². The number of rotatable bonds is 1. The normalized spacial score (nSPS) is 15.5. The summed E-state index contributed by atoms with van der Waals surface area (Å²) in [5.74, 6) is 0.202. The second-order valence-electron chi connectivity index (χ2n) is 5.36. The van der Waals surface area contributed by atoms with Crippen LogP contribution in [0.3, 0.4) is 0 Å². The predicted octanol–water partition coefficient (Wildman–Crippen LogP) is 2.79. The van der Waals surface area contributed by atoms with Crippen LogP contribution in [0.15, 0.2) is 36.4 Å². The first-order chi connectivity index (χ1) is 11.1. The van der Waals surface area contributed by atoms with Crippen LogP contribution >= 0.6 is 0 Å². The van der Waals surface area contributed by atoms with Crippen molar-refractivity contribution in [3.8, 4) is 11.5 Å². The Morgan fingerprint density at radius 2 is 1.91 bits per heavy atom. The fourth-order valence-corrected chi connectivity index (χ4v) is 2.83. The molecule has 23 heavy (non-hydrogen) atoms. The molecule has 0 saturated carbocycles. The van der Waals surface area contributed by atoms with Crippen molar-refractivity contribution in [2.75, 3.05) is 18.2 Å². The molecule has 2 aliphatic rings. The first kappa shape index (κ1) is 13.8. The minimum absolute atomic E-state index is 0.132. The lowest BCUT2D eigenvalue weighted by atomic mass is 9.99. The maximum Gasteiger partial charge on any atom is 0.258 e. The third kappa shape index (κ3) is 2.23. The summed E-state index contributed by atoms with van der Waals surface area (Å²) in [6.07, 6.45) is 0.173. The van der Waals surface area contributed by atoms with Gasteiger partial charge in [-0.1, -0.05) is 0 Å². The molecule has 0 bridgehead atoms. The lowest BCUT2D eigenvalue weighted by Gasteiger charge is -2.28. The Hall–Kier alpha value is -2.89. The first-order valence-electron chi connectivity index (χ1n) is 7.18. The van der Waals surface area contributed by atoms with E-state index in [9.17, 15) is 14.0 Å². The molecule has 0 unspecified atom stereocenters. The van der Waals surface area contributed by atoms with Crippen LogP contribution in [-0.4, -0.2) is 25.0 Å². The van der Waals surface area contributed by atoms with E-state index in [2.05, 4.69) is 0 Å². The Morgan fingerprint density at radius 3 is 2.78 bits per heavy atom. The van der Waals surface area contributed by atoms with Gasteiger partial charge in [-0.3, -0.25) is 9.59 Å². The molecule has 0 N–H and O–H groups in total. The third-order valence-electron chi connectivity index (χ3n) is 3.98. The van der Waals surface area contributed by atoms with Gasteiger partial charge in [-0.15, -0.1) is 0 Å². The van der Waals surface area contributed by atoms with Crippen molar-refractivity contribution in [1.82, 2.24) is 0 Å². The number of carbonyl (C=O) groups is 2. The van der Waals surface area contributed by atoms with Gasteiger partial charge < -0.3 is 14.4 Å². The number of fused-ring (bicyclic) bond motifs is 2. The van der Waals surface area contributed by atoms with Gasteiger partial charge in [-0.05, 0) is 36.4 Å². The molecule has 2 heterocycles. The van der Waals surface area contributed by atoms with E-state index in [-0.39, 0.29) is 37.0 Å². The van der Waals surface area contributed by atoms with Gasteiger partial charge in [0.25, 0.3) is 5.91 Å². The van der Waals surface area contributed by atoms with Gasteiger partial charge in [0.1, 0.15) is 5.82 Å². The number of hydrogen-bond acceptors (Lipinski definition) is 4. The number of halogens is 1. The maximum absolute atomic E-state index is 13.4. The number of anilines is 1. The van der Waals surface area contributed by atoms with Crippen LogP contribution in [0.25, 0.3) is 0 Å². The van der Waals surface area contributed by atoms with Crippen LogP contribution in [0.2, 0.25) is 0 Å². The molecule has 0 fully saturated rings. The summed E-state index contributed by atoms with van der Waals surface area (Å²) in [4.78, 5) is 26.2. The maximum atomic E-state index is 13.4. The first-order valence-corrected chi connectivity index (χ1v) is 7.18. The number of nitrogens with zero attached hydrogens (tertiary/aromatic N) is 1.